The van der Waals surface area contributed by atoms with E-state index < -0.39 is 12.1 Å². The molecule has 0 bridgehead atoms. The van der Waals surface area contributed by atoms with E-state index in [1.165, 1.54) is 14.2 Å². The van der Waals surface area contributed by atoms with E-state index in [4.69, 9.17) is 14.6 Å². The summed E-state index contributed by atoms with van der Waals surface area (Å²) in [5.74, 6) is -0.136. The summed E-state index contributed by atoms with van der Waals surface area (Å²) in [4.78, 5) is 10.5. The summed E-state index contributed by atoms with van der Waals surface area (Å²) in [6, 6.07) is 5.00. The van der Waals surface area contributed by atoms with Crippen LogP contribution in [0.15, 0.2) is 18.2 Å². The van der Waals surface area contributed by atoms with Gasteiger partial charge in [0.05, 0.1) is 14.2 Å². The highest BCUT2D eigenvalue weighted by Crippen LogP contribution is 2.25. The molecule has 5 heteroatoms. The monoisotopic (exact) mass is 226 g/mol. The fourth-order valence-corrected chi connectivity index (χ4v) is 1.32. The van der Waals surface area contributed by atoms with Gasteiger partial charge in [0, 0.05) is 12.5 Å². The second-order valence-corrected chi connectivity index (χ2v) is 3.24. The van der Waals surface area contributed by atoms with Gasteiger partial charge < -0.3 is 19.7 Å². The predicted molar refractivity (Wildman–Crippen MR) is 56.9 cm³/mol. The first-order valence-electron chi connectivity index (χ1n) is 4.70. The van der Waals surface area contributed by atoms with E-state index in [2.05, 4.69) is 0 Å². The van der Waals surface area contributed by atoms with Crippen molar-refractivity contribution in [2.45, 2.75) is 12.5 Å². The maximum Gasteiger partial charge on any atom is 0.332 e. The molecule has 88 valence electrons. The van der Waals surface area contributed by atoms with E-state index in [1.807, 2.05) is 0 Å². The highest BCUT2D eigenvalue weighted by molar-refractivity contribution is 5.72. The summed E-state index contributed by atoms with van der Waals surface area (Å²) in [6.07, 6.45) is -1.43. The molecule has 0 spiro atoms. The molecule has 0 aliphatic heterocycles. The van der Waals surface area contributed by atoms with E-state index in [-0.39, 0.29) is 6.42 Å². The Morgan fingerprint density at radius 1 is 1.38 bits per heavy atom. The Labute approximate surface area is 93.2 Å². The number of aliphatic carboxylic acids is 1. The molecule has 0 aromatic heterocycles. The molecular formula is C11H14O5. The largest absolute Gasteiger partial charge is 0.497 e. The van der Waals surface area contributed by atoms with Gasteiger partial charge >= 0.3 is 5.97 Å². The summed E-state index contributed by atoms with van der Waals surface area (Å²) >= 11 is 0. The van der Waals surface area contributed by atoms with Gasteiger partial charge in [-0.15, -0.1) is 0 Å². The Hall–Kier alpha value is -1.75. The SMILES string of the molecule is COc1ccc(C[C@H](O)C(=O)O)c(OC)c1. The molecule has 16 heavy (non-hydrogen) atoms. The van der Waals surface area contributed by atoms with E-state index >= 15 is 0 Å². The molecule has 0 aliphatic carbocycles. The van der Waals surface area contributed by atoms with Gasteiger partial charge in [-0.05, 0) is 11.6 Å². The highest BCUT2D eigenvalue weighted by atomic mass is 16.5. The van der Waals surface area contributed by atoms with Gasteiger partial charge in [0.25, 0.3) is 0 Å². The lowest BCUT2D eigenvalue weighted by molar-refractivity contribution is -0.146. The predicted octanol–water partition coefficient (Wildman–Crippen LogP) is 0.692. The third-order valence-corrected chi connectivity index (χ3v) is 2.19. The number of carboxylic acid groups (broad SMARTS) is 1. The lowest BCUT2D eigenvalue weighted by Crippen LogP contribution is -2.22. The van der Waals surface area contributed by atoms with Crippen molar-refractivity contribution < 1.29 is 24.5 Å². The van der Waals surface area contributed by atoms with Crippen LogP contribution in [0.25, 0.3) is 0 Å². The Balaban J connectivity index is 2.91. The first-order valence-corrected chi connectivity index (χ1v) is 4.70. The second kappa shape index (κ2) is 5.37. The Morgan fingerprint density at radius 3 is 2.56 bits per heavy atom. The fraction of sp³-hybridized carbons (Fsp3) is 0.364. The lowest BCUT2D eigenvalue weighted by atomic mass is 10.1. The quantitative estimate of drug-likeness (QED) is 0.772. The molecule has 0 saturated carbocycles. The van der Waals surface area contributed by atoms with Crippen LogP contribution in [-0.2, 0) is 11.2 Å². The number of aliphatic hydroxyl groups excluding tert-OH is 1. The molecule has 0 amide bonds. The van der Waals surface area contributed by atoms with Gasteiger partial charge in [-0.2, -0.15) is 0 Å². The molecule has 0 radical (unpaired) electrons. The molecule has 5 nitrogen and oxygen atoms in total. The van der Waals surface area contributed by atoms with Gasteiger partial charge in [0.15, 0.2) is 6.10 Å². The van der Waals surface area contributed by atoms with Crippen LogP contribution in [0.5, 0.6) is 11.5 Å². The molecule has 1 rings (SSSR count). The van der Waals surface area contributed by atoms with Crippen LogP contribution in [0, 0.1) is 0 Å². The van der Waals surface area contributed by atoms with Gasteiger partial charge in [-0.3, -0.25) is 0 Å². The smallest absolute Gasteiger partial charge is 0.332 e. The van der Waals surface area contributed by atoms with Gasteiger partial charge in [0.1, 0.15) is 11.5 Å². The van der Waals surface area contributed by atoms with E-state index in [9.17, 15) is 9.90 Å². The normalized spacial score (nSPS) is 11.9. The summed E-state index contributed by atoms with van der Waals surface area (Å²) in [5, 5.41) is 17.8. The molecule has 1 atom stereocenters. The zero-order valence-electron chi connectivity index (χ0n) is 9.14. The van der Waals surface area contributed by atoms with Crippen molar-refractivity contribution in [3.05, 3.63) is 23.8 Å². The highest BCUT2D eigenvalue weighted by Gasteiger charge is 2.16. The number of carboxylic acids is 1. The number of ether oxygens (including phenoxy) is 2. The van der Waals surface area contributed by atoms with E-state index in [0.29, 0.717) is 17.1 Å². The van der Waals surface area contributed by atoms with Crippen LogP contribution < -0.4 is 9.47 Å². The topological polar surface area (TPSA) is 76.0 Å². The van der Waals surface area contributed by atoms with E-state index in [1.54, 1.807) is 18.2 Å². The fourth-order valence-electron chi connectivity index (χ4n) is 1.32. The summed E-state index contributed by atoms with van der Waals surface area (Å²) in [7, 11) is 3.01. The average molecular weight is 226 g/mol. The summed E-state index contributed by atoms with van der Waals surface area (Å²) in [5.41, 5.74) is 0.623. The second-order valence-electron chi connectivity index (χ2n) is 3.24. The molecule has 1 aromatic rings. The first-order chi connectivity index (χ1) is 7.58. The average Bonchev–Trinajstić information content (AvgIpc) is 2.29. The molecule has 0 aliphatic rings. The van der Waals surface area contributed by atoms with Crippen molar-refractivity contribution in [1.29, 1.82) is 0 Å². The minimum absolute atomic E-state index is 0.00248. The number of rotatable bonds is 5. The molecule has 2 N–H and O–H groups in total. The molecule has 1 aromatic carbocycles. The van der Waals surface area contributed by atoms with Crippen LogP contribution in [0.4, 0.5) is 0 Å². The number of benzene rings is 1. The van der Waals surface area contributed by atoms with Crippen molar-refractivity contribution in [1.82, 2.24) is 0 Å². The summed E-state index contributed by atoms with van der Waals surface area (Å²) < 4.78 is 10.1. The molecule has 0 unspecified atom stereocenters. The minimum atomic E-state index is -1.43. The standard InChI is InChI=1S/C11H14O5/c1-15-8-4-3-7(10(6-8)16-2)5-9(12)11(13)14/h3-4,6,9,12H,5H2,1-2H3,(H,13,14)/t9-/m0/s1. The number of aliphatic hydroxyl groups is 1. The Bertz CT molecular complexity index is 375. The van der Waals surface area contributed by atoms with Crippen molar-refractivity contribution in [2.24, 2.45) is 0 Å². The molecular weight excluding hydrogens is 212 g/mol. The zero-order chi connectivity index (χ0) is 12.1. The molecule has 0 heterocycles. The summed E-state index contributed by atoms with van der Waals surface area (Å²) in [6.45, 7) is 0. The van der Waals surface area contributed by atoms with Crippen molar-refractivity contribution >= 4 is 5.97 Å². The minimum Gasteiger partial charge on any atom is -0.497 e. The Kier molecular flexibility index (Phi) is 4.13. The number of hydrogen-bond donors (Lipinski definition) is 2. The van der Waals surface area contributed by atoms with Crippen LogP contribution in [-0.4, -0.2) is 36.5 Å². The first kappa shape index (κ1) is 12.3. The maximum atomic E-state index is 10.5. The Morgan fingerprint density at radius 2 is 2.06 bits per heavy atom. The van der Waals surface area contributed by atoms with Crippen molar-refractivity contribution in [3.8, 4) is 11.5 Å². The molecule has 0 saturated heterocycles. The third kappa shape index (κ3) is 2.87. The number of methoxy groups -OCH3 is 2. The number of carbonyl (C=O) groups is 1. The van der Waals surface area contributed by atoms with Crippen LogP contribution >= 0.6 is 0 Å². The van der Waals surface area contributed by atoms with Gasteiger partial charge in [-0.25, -0.2) is 4.79 Å². The third-order valence-electron chi connectivity index (χ3n) is 2.19. The van der Waals surface area contributed by atoms with Crippen LogP contribution in [0.3, 0.4) is 0 Å². The zero-order valence-corrected chi connectivity index (χ0v) is 9.14. The van der Waals surface area contributed by atoms with Crippen molar-refractivity contribution in [3.63, 3.8) is 0 Å². The van der Waals surface area contributed by atoms with E-state index in [0.717, 1.165) is 0 Å². The van der Waals surface area contributed by atoms with Gasteiger partial charge in [-0.1, -0.05) is 6.07 Å². The van der Waals surface area contributed by atoms with Crippen molar-refractivity contribution in [2.75, 3.05) is 14.2 Å². The molecule has 0 fully saturated rings. The maximum absolute atomic E-state index is 10.5. The van der Waals surface area contributed by atoms with Gasteiger partial charge in [0.2, 0.25) is 0 Å². The lowest BCUT2D eigenvalue weighted by Gasteiger charge is -2.11. The number of hydrogen-bond acceptors (Lipinski definition) is 4. The van der Waals surface area contributed by atoms with Crippen LogP contribution in [0.1, 0.15) is 5.56 Å². The van der Waals surface area contributed by atoms with Crippen LogP contribution in [0.2, 0.25) is 0 Å².